The molecule has 0 amide bonds. The monoisotopic (exact) mass is 285 g/mol. The van der Waals surface area contributed by atoms with Crippen LogP contribution in [0.15, 0.2) is 24.3 Å². The Hall–Kier alpha value is -1.56. The van der Waals surface area contributed by atoms with Crippen LogP contribution in [0.5, 0.6) is 0 Å². The molecule has 1 unspecified atom stereocenters. The first kappa shape index (κ1) is 14.8. The number of benzene rings is 1. The second-order valence-electron chi connectivity index (χ2n) is 4.87. The Labute approximate surface area is 115 Å². The number of nitrogens with zero attached hydrogens (tertiary/aromatic N) is 2. The van der Waals surface area contributed by atoms with Crippen molar-refractivity contribution in [1.82, 2.24) is 14.9 Å². The molecule has 1 heterocycles. The summed E-state index contributed by atoms with van der Waals surface area (Å²) in [5.74, 6) is 0.397. The summed E-state index contributed by atoms with van der Waals surface area (Å²) in [6, 6.07) is 6.94. The van der Waals surface area contributed by atoms with Crippen LogP contribution in [0.1, 0.15) is 25.6 Å². The number of aromatic nitrogens is 2. The quantitative estimate of drug-likeness (QED) is 0.913. The van der Waals surface area contributed by atoms with Crippen molar-refractivity contribution in [3.63, 3.8) is 0 Å². The van der Waals surface area contributed by atoms with Crippen LogP contribution in [0, 0.1) is 0 Å². The third kappa shape index (κ3) is 3.30. The van der Waals surface area contributed by atoms with E-state index in [4.69, 9.17) is 0 Å². The van der Waals surface area contributed by atoms with Gasteiger partial charge >= 0.3 is 6.18 Å². The number of rotatable bonds is 5. The molecule has 0 aliphatic rings. The maximum absolute atomic E-state index is 12.8. The zero-order chi connectivity index (χ0) is 14.8. The predicted octanol–water partition coefficient (Wildman–Crippen LogP) is 3.31. The lowest BCUT2D eigenvalue weighted by atomic mass is 10.1. The van der Waals surface area contributed by atoms with Crippen molar-refractivity contribution in [1.29, 1.82) is 0 Å². The van der Waals surface area contributed by atoms with E-state index in [1.54, 1.807) is 24.3 Å². The second kappa shape index (κ2) is 5.83. The zero-order valence-electron chi connectivity index (χ0n) is 11.5. The Morgan fingerprint density at radius 3 is 2.65 bits per heavy atom. The van der Waals surface area contributed by atoms with Gasteiger partial charge in [-0.3, -0.25) is 0 Å². The van der Waals surface area contributed by atoms with Crippen molar-refractivity contribution < 1.29 is 13.2 Å². The lowest BCUT2D eigenvalue weighted by molar-refractivity contribution is -0.140. The molecule has 1 N–H and O–H groups in total. The van der Waals surface area contributed by atoms with Crippen LogP contribution in [0.4, 0.5) is 13.2 Å². The summed E-state index contributed by atoms with van der Waals surface area (Å²) < 4.78 is 39.6. The van der Waals surface area contributed by atoms with Crippen molar-refractivity contribution in [2.75, 3.05) is 13.1 Å². The van der Waals surface area contributed by atoms with Crippen LogP contribution < -0.4 is 5.32 Å². The van der Waals surface area contributed by atoms with Crippen molar-refractivity contribution in [3.05, 3.63) is 30.1 Å². The maximum Gasteiger partial charge on any atom is 0.406 e. The van der Waals surface area contributed by atoms with Gasteiger partial charge in [0.2, 0.25) is 0 Å². The SMILES string of the molecule is CCNCC(C)c1nc2ccccc2n1CC(F)(F)F. The highest BCUT2D eigenvalue weighted by Gasteiger charge is 2.31. The van der Waals surface area contributed by atoms with E-state index in [0.717, 1.165) is 6.54 Å². The third-order valence-electron chi connectivity index (χ3n) is 3.16. The number of alkyl halides is 3. The van der Waals surface area contributed by atoms with Gasteiger partial charge in [0, 0.05) is 12.5 Å². The number of para-hydroxylation sites is 2. The number of imidazole rings is 1. The van der Waals surface area contributed by atoms with Gasteiger partial charge in [-0.15, -0.1) is 0 Å². The molecule has 0 aliphatic heterocycles. The Morgan fingerprint density at radius 2 is 2.00 bits per heavy atom. The number of fused-ring (bicyclic) bond motifs is 1. The van der Waals surface area contributed by atoms with Gasteiger partial charge in [0.25, 0.3) is 0 Å². The summed E-state index contributed by atoms with van der Waals surface area (Å²) in [6.07, 6.45) is -4.25. The minimum Gasteiger partial charge on any atom is -0.319 e. The molecule has 0 fully saturated rings. The highest BCUT2D eigenvalue weighted by molar-refractivity contribution is 5.76. The number of halogens is 3. The van der Waals surface area contributed by atoms with E-state index in [1.165, 1.54) is 4.57 Å². The maximum atomic E-state index is 12.8. The van der Waals surface area contributed by atoms with E-state index in [-0.39, 0.29) is 5.92 Å². The summed E-state index contributed by atoms with van der Waals surface area (Å²) in [5, 5.41) is 3.15. The lowest BCUT2D eigenvalue weighted by Crippen LogP contribution is -2.25. The van der Waals surface area contributed by atoms with Crippen LogP contribution >= 0.6 is 0 Å². The predicted molar refractivity (Wildman–Crippen MR) is 72.7 cm³/mol. The molecule has 2 aromatic rings. The largest absolute Gasteiger partial charge is 0.406 e. The second-order valence-corrected chi connectivity index (χ2v) is 4.87. The highest BCUT2D eigenvalue weighted by atomic mass is 19.4. The average molecular weight is 285 g/mol. The van der Waals surface area contributed by atoms with Crippen LogP contribution in [0.3, 0.4) is 0 Å². The minimum absolute atomic E-state index is 0.0790. The Morgan fingerprint density at radius 1 is 1.30 bits per heavy atom. The van der Waals surface area contributed by atoms with Gasteiger partial charge < -0.3 is 9.88 Å². The van der Waals surface area contributed by atoms with Crippen LogP contribution in [-0.4, -0.2) is 28.8 Å². The first-order valence-corrected chi connectivity index (χ1v) is 6.65. The molecule has 1 aromatic carbocycles. The van der Waals surface area contributed by atoms with Crippen LogP contribution in [0.2, 0.25) is 0 Å². The molecule has 6 heteroatoms. The van der Waals surface area contributed by atoms with Gasteiger partial charge in [-0.05, 0) is 18.7 Å². The molecule has 0 radical (unpaired) electrons. The van der Waals surface area contributed by atoms with Crippen LogP contribution in [-0.2, 0) is 6.54 Å². The normalized spacial score (nSPS) is 13.8. The molecule has 0 aliphatic carbocycles. The van der Waals surface area contributed by atoms with Gasteiger partial charge in [-0.2, -0.15) is 13.2 Å². The molecule has 0 bridgehead atoms. The molecule has 0 saturated carbocycles. The smallest absolute Gasteiger partial charge is 0.319 e. The summed E-state index contributed by atoms with van der Waals surface area (Å²) >= 11 is 0. The molecule has 2 rings (SSSR count). The molecule has 1 aromatic heterocycles. The molecule has 1 atom stereocenters. The number of hydrogen-bond acceptors (Lipinski definition) is 2. The van der Waals surface area contributed by atoms with E-state index < -0.39 is 12.7 Å². The molecular weight excluding hydrogens is 267 g/mol. The summed E-state index contributed by atoms with van der Waals surface area (Å²) in [4.78, 5) is 4.37. The number of likely N-dealkylation sites (N-methyl/N-ethyl adjacent to an activating group) is 1. The fraction of sp³-hybridized carbons (Fsp3) is 0.500. The highest BCUT2D eigenvalue weighted by Crippen LogP contribution is 2.26. The first-order chi connectivity index (χ1) is 9.42. The molecule has 0 spiro atoms. The molecule has 110 valence electrons. The number of nitrogens with one attached hydrogen (secondary N) is 1. The van der Waals surface area contributed by atoms with Crippen molar-refractivity contribution >= 4 is 11.0 Å². The van der Waals surface area contributed by atoms with Gasteiger partial charge in [-0.25, -0.2) is 4.98 Å². The van der Waals surface area contributed by atoms with Crippen LogP contribution in [0.25, 0.3) is 11.0 Å². The van der Waals surface area contributed by atoms with Gasteiger partial charge in [-0.1, -0.05) is 26.0 Å². The molecule has 3 nitrogen and oxygen atoms in total. The van der Waals surface area contributed by atoms with Crippen molar-refractivity contribution in [2.24, 2.45) is 0 Å². The lowest BCUT2D eigenvalue weighted by Gasteiger charge is -2.16. The van der Waals surface area contributed by atoms with E-state index >= 15 is 0 Å². The van der Waals surface area contributed by atoms with E-state index in [9.17, 15) is 13.2 Å². The summed E-state index contributed by atoms with van der Waals surface area (Å²) in [6.45, 7) is 4.24. The fourth-order valence-electron chi connectivity index (χ4n) is 2.27. The summed E-state index contributed by atoms with van der Waals surface area (Å²) in [7, 11) is 0. The molecular formula is C14H18F3N3. The zero-order valence-corrected chi connectivity index (χ0v) is 11.5. The van der Waals surface area contributed by atoms with E-state index in [0.29, 0.717) is 23.4 Å². The summed E-state index contributed by atoms with van der Waals surface area (Å²) in [5.41, 5.74) is 1.14. The standard InChI is InChI=1S/C14H18F3N3/c1-3-18-8-10(2)13-19-11-6-4-5-7-12(11)20(13)9-14(15,16)17/h4-7,10,18H,3,8-9H2,1-2H3. The number of hydrogen-bond donors (Lipinski definition) is 1. The Bertz CT molecular complexity index is 575. The molecule has 0 saturated heterocycles. The van der Waals surface area contributed by atoms with Crippen molar-refractivity contribution in [2.45, 2.75) is 32.5 Å². The molecule has 20 heavy (non-hydrogen) atoms. The Kier molecular flexibility index (Phi) is 4.32. The topological polar surface area (TPSA) is 29.9 Å². The van der Waals surface area contributed by atoms with Gasteiger partial charge in [0.05, 0.1) is 11.0 Å². The van der Waals surface area contributed by atoms with Crippen molar-refractivity contribution in [3.8, 4) is 0 Å². The van der Waals surface area contributed by atoms with Gasteiger partial charge in [0.1, 0.15) is 12.4 Å². The average Bonchev–Trinajstić information content (AvgIpc) is 2.73. The van der Waals surface area contributed by atoms with Gasteiger partial charge in [0.15, 0.2) is 0 Å². The van der Waals surface area contributed by atoms with E-state index in [1.807, 2.05) is 13.8 Å². The third-order valence-corrected chi connectivity index (χ3v) is 3.16. The minimum atomic E-state index is -4.25. The van der Waals surface area contributed by atoms with E-state index in [2.05, 4.69) is 10.3 Å². The first-order valence-electron chi connectivity index (χ1n) is 6.65. The fourth-order valence-corrected chi connectivity index (χ4v) is 2.27. The Balaban J connectivity index is 2.43.